The summed E-state index contributed by atoms with van der Waals surface area (Å²) in [6, 6.07) is -4.26. The first-order chi connectivity index (χ1) is 47.4. The molecule has 0 spiro atoms. The smallest absolute Gasteiger partial charge is 0.237 e. The normalized spacial score (nSPS) is 16.9. The molecule has 0 radical (unpaired) electrons. The molecule has 77 heavy (non-hydrogen) atoms. The summed E-state index contributed by atoms with van der Waals surface area (Å²) in [5, 5.41) is 12.2. The number of rotatable bonds is 4. The third kappa shape index (κ3) is 6.15. The lowest BCUT2D eigenvalue weighted by Gasteiger charge is -2.28. The highest BCUT2D eigenvalue weighted by atomic mass is 32.1. The molecule has 0 aliphatic heterocycles. The molecule has 5 heterocycles. The highest BCUT2D eigenvalue weighted by molar-refractivity contribution is 7.26. The molecule has 5 aromatic heterocycles. The van der Waals surface area contributed by atoms with Crippen LogP contribution in [0.3, 0.4) is 0 Å². The molecule has 0 fully saturated rings. The van der Waals surface area contributed by atoms with Crippen molar-refractivity contribution < 1.29 is 32.9 Å². The SMILES string of the molecule is [2H]c1c([2H])c([2H])c2c(c1[2H])c1c([2H])c([2H])c([2H])c([2H])c1n2-c1c(C#N)c(-n2c3c([2H])c([2H])c([2H])c([2H])c3c3c([2H])c([2H])c([2H])c([2H])c32)c(-n2c3ccc(C(C)(C)C)cc3c3cc(C(C)(C)C)c4c5ccccc5sc4c32)c(-n2c3c([2H])c([2H])c([2H])c([2H])c3c3c([2H])c([2H])c([2H])c([2H])c32)c1[N+]#[C-]. The Labute approximate surface area is 482 Å². The standard InChI is InChI=1S/C70H50N6S/c1-69(2,3)41-36-37-59-49(38-41)50-39-52(70(4,5)6)61-48-28-14-21-35-60(48)77-68(61)65(50)76(59)67-64(74-55-31-17-10-24-44(55)45-25-11-18-32-56(45)74)51(40-71)63(73-53-29-15-8-22-42(53)43-23-9-16-30-54(43)73)62(72-7)66(67)75-57-33-19-12-26-46(57)47-27-13-20-34-58(47)75/h8-39H,1-6H3/i8D,9D,10D,11D,12D,13D,15D,16D,17D,18D,19D,20D,22D,23D,24D,25D,26D,27D,29D,30D,31D,32D,33D,34D. The van der Waals surface area contributed by atoms with Gasteiger partial charge in [-0.05, 0) is 82.5 Å². The molecule has 15 aromatic rings. The maximum atomic E-state index is 13.0. The predicted molar refractivity (Wildman–Crippen MR) is 325 cm³/mol. The van der Waals surface area contributed by atoms with Crippen LogP contribution in [-0.4, -0.2) is 18.3 Å². The summed E-state index contributed by atoms with van der Waals surface area (Å²) in [4.78, 5) is 4.29. The Kier molecular flexibility index (Phi) is 5.61. The average Bonchev–Trinajstić information content (AvgIpc) is 1.51. The molecule has 0 saturated carbocycles. The minimum absolute atomic E-state index is 0.210. The first-order valence-electron chi connectivity index (χ1n) is 36.4. The van der Waals surface area contributed by atoms with E-state index >= 15 is 0 Å². The van der Waals surface area contributed by atoms with Crippen molar-refractivity contribution in [3.8, 4) is 28.8 Å². The summed E-state index contributed by atoms with van der Waals surface area (Å²) in [6.07, 6.45) is 0. The van der Waals surface area contributed by atoms with Gasteiger partial charge in [0.2, 0.25) is 5.69 Å². The van der Waals surface area contributed by atoms with Crippen LogP contribution in [0.15, 0.2) is 194 Å². The molecule has 7 heteroatoms. The van der Waals surface area contributed by atoms with Crippen molar-refractivity contribution in [3.05, 3.63) is 222 Å². The van der Waals surface area contributed by atoms with E-state index < -0.39 is 255 Å². The summed E-state index contributed by atoms with van der Waals surface area (Å²) in [5.41, 5.74) is -7.65. The minimum Gasteiger partial charge on any atom is -0.318 e. The lowest BCUT2D eigenvalue weighted by Crippen LogP contribution is -2.15. The Morgan fingerprint density at radius 1 is 0.468 bits per heavy atom. The molecule has 0 saturated heterocycles. The Morgan fingerprint density at radius 2 is 0.922 bits per heavy atom. The highest BCUT2D eigenvalue weighted by Crippen LogP contribution is 2.54. The van der Waals surface area contributed by atoms with Gasteiger partial charge in [-0.15, -0.1) is 11.3 Å². The zero-order chi connectivity index (χ0) is 73.1. The number of benzene rings is 10. The molecule has 0 unspecified atom stereocenters. The summed E-state index contributed by atoms with van der Waals surface area (Å²) in [6.45, 7) is 22.0. The van der Waals surface area contributed by atoms with Gasteiger partial charge < -0.3 is 18.3 Å². The minimum atomic E-state index is -0.951. The summed E-state index contributed by atoms with van der Waals surface area (Å²) in [5.74, 6) is 0. The Bertz CT molecular complexity index is 6190. The number of nitriles is 1. The van der Waals surface area contributed by atoms with Crippen molar-refractivity contribution in [1.29, 1.82) is 5.26 Å². The topological polar surface area (TPSA) is 47.9 Å². The molecular formula is C70H50N6S. The van der Waals surface area contributed by atoms with E-state index in [1.54, 1.807) is 10.6 Å². The van der Waals surface area contributed by atoms with Gasteiger partial charge in [-0.1, -0.05) is 175 Å². The van der Waals surface area contributed by atoms with Gasteiger partial charge in [0.25, 0.3) is 0 Å². The van der Waals surface area contributed by atoms with Crippen molar-refractivity contribution in [1.82, 2.24) is 18.3 Å². The lowest BCUT2D eigenvalue weighted by atomic mass is 9.82. The van der Waals surface area contributed by atoms with E-state index in [1.165, 1.54) is 11.3 Å². The number of hydrogen-bond donors (Lipinski definition) is 0. The van der Waals surface area contributed by atoms with Gasteiger partial charge in [0.1, 0.15) is 6.07 Å². The molecule has 0 aliphatic carbocycles. The maximum Gasteiger partial charge on any atom is 0.237 e. The van der Waals surface area contributed by atoms with E-state index in [0.29, 0.717) is 20.9 Å². The van der Waals surface area contributed by atoms with E-state index in [-0.39, 0.29) is 11.0 Å². The second-order valence-corrected chi connectivity index (χ2v) is 21.9. The van der Waals surface area contributed by atoms with Gasteiger partial charge in [-0.2, -0.15) is 5.26 Å². The van der Waals surface area contributed by atoms with Crippen LogP contribution in [0.25, 0.3) is 135 Å². The van der Waals surface area contributed by atoms with Crippen LogP contribution < -0.4 is 0 Å². The third-order valence-electron chi connectivity index (χ3n) is 14.6. The van der Waals surface area contributed by atoms with Crippen molar-refractivity contribution in [3.63, 3.8) is 0 Å². The third-order valence-corrected chi connectivity index (χ3v) is 15.8. The highest BCUT2D eigenvalue weighted by Gasteiger charge is 2.36. The van der Waals surface area contributed by atoms with Crippen LogP contribution in [-0.2, 0) is 10.8 Å². The number of fused-ring (bicyclic) bond motifs is 16. The molecule has 0 aliphatic rings. The lowest BCUT2D eigenvalue weighted by molar-refractivity contribution is 0.591. The van der Waals surface area contributed by atoms with E-state index in [2.05, 4.69) is 10.9 Å². The summed E-state index contributed by atoms with van der Waals surface area (Å²) in [7, 11) is 0. The van der Waals surface area contributed by atoms with Gasteiger partial charge in [-0.25, -0.2) is 4.85 Å². The quantitative estimate of drug-likeness (QED) is 0.162. The first kappa shape index (κ1) is 26.9. The monoisotopic (exact) mass is 1030 g/mol. The molecule has 15 rings (SSSR count). The van der Waals surface area contributed by atoms with E-state index in [9.17, 15) is 42.0 Å². The molecule has 0 amide bonds. The molecule has 6 nitrogen and oxygen atoms in total. The van der Waals surface area contributed by atoms with Crippen molar-refractivity contribution >= 4 is 124 Å². The molecule has 0 bridgehead atoms. The molecule has 366 valence electrons. The van der Waals surface area contributed by atoms with Crippen LogP contribution in [0.5, 0.6) is 0 Å². The number of aromatic nitrogens is 4. The van der Waals surface area contributed by atoms with Crippen LogP contribution in [0.2, 0.25) is 0 Å². The van der Waals surface area contributed by atoms with E-state index in [0.717, 1.165) is 34.9 Å². The van der Waals surface area contributed by atoms with Gasteiger partial charge in [0, 0.05) is 58.6 Å². The fourth-order valence-electron chi connectivity index (χ4n) is 11.4. The second kappa shape index (κ2) is 16.1. The van der Waals surface area contributed by atoms with Crippen LogP contribution in [0.1, 0.15) is 91.1 Å². The Hall–Kier alpha value is -9.40. The average molecular weight is 1030 g/mol. The van der Waals surface area contributed by atoms with Crippen LogP contribution in [0, 0.1) is 17.9 Å². The van der Waals surface area contributed by atoms with Gasteiger partial charge in [0.15, 0.2) is 0 Å². The predicted octanol–water partition coefficient (Wildman–Crippen LogP) is 19.5. The fourth-order valence-corrected chi connectivity index (χ4v) is 12.6. The molecular weight excluding hydrogens is 957 g/mol. The van der Waals surface area contributed by atoms with Gasteiger partial charge in [-0.3, -0.25) is 0 Å². The molecule has 0 N–H and O–H groups in total. The summed E-state index contributed by atoms with van der Waals surface area (Å²) >= 11 is 1.33. The zero-order valence-corrected chi connectivity index (χ0v) is 42.5. The largest absolute Gasteiger partial charge is 0.318 e. The Morgan fingerprint density at radius 3 is 1.38 bits per heavy atom. The number of nitrogens with zero attached hydrogens (tertiary/aromatic N) is 6. The van der Waals surface area contributed by atoms with E-state index in [4.69, 9.17) is 2.74 Å². The molecule has 0 atom stereocenters. The fraction of sp³-hybridized carbons (Fsp3) is 0.114. The van der Waals surface area contributed by atoms with Gasteiger partial charge in [0.05, 0.1) is 117 Å². The van der Waals surface area contributed by atoms with Gasteiger partial charge >= 0.3 is 0 Å². The second-order valence-electron chi connectivity index (χ2n) is 20.9. The summed E-state index contributed by atoms with van der Waals surface area (Å²) < 4.78 is 236. The zero-order valence-electron chi connectivity index (χ0n) is 65.7. The first-order valence-corrected chi connectivity index (χ1v) is 25.2. The van der Waals surface area contributed by atoms with Crippen molar-refractivity contribution in [2.75, 3.05) is 0 Å². The van der Waals surface area contributed by atoms with E-state index in [1.807, 2.05) is 84.0 Å². The number of hydrogen-bond acceptors (Lipinski definition) is 2. The van der Waals surface area contributed by atoms with Crippen molar-refractivity contribution in [2.45, 2.75) is 52.4 Å². The molecule has 10 aromatic carbocycles. The Balaban J connectivity index is 1.43. The van der Waals surface area contributed by atoms with Crippen LogP contribution >= 0.6 is 11.3 Å². The van der Waals surface area contributed by atoms with Crippen LogP contribution in [0.4, 0.5) is 5.69 Å². The number of thiophene rings is 1. The maximum absolute atomic E-state index is 13.0. The van der Waals surface area contributed by atoms with Crippen molar-refractivity contribution in [2.24, 2.45) is 0 Å². The number of para-hydroxylation sites is 6.